The van der Waals surface area contributed by atoms with Gasteiger partial charge in [-0.3, -0.25) is 4.79 Å². The highest BCUT2D eigenvalue weighted by molar-refractivity contribution is 9.10. The normalized spacial score (nSPS) is 18.1. The summed E-state index contributed by atoms with van der Waals surface area (Å²) in [6.45, 7) is 7.58. The molecule has 0 saturated carbocycles. The van der Waals surface area contributed by atoms with Crippen LogP contribution >= 0.6 is 27.7 Å². The van der Waals surface area contributed by atoms with E-state index in [1.165, 1.54) is 13.0 Å². The fraction of sp³-hybridized carbons (Fsp3) is 0.588. The number of hydrogen-bond donors (Lipinski definition) is 1. The van der Waals surface area contributed by atoms with Gasteiger partial charge in [0.1, 0.15) is 0 Å². The smallest absolute Gasteiger partial charge is 0.233 e. The van der Waals surface area contributed by atoms with Crippen LogP contribution in [-0.2, 0) is 4.79 Å². The van der Waals surface area contributed by atoms with Crippen LogP contribution in [0, 0.1) is 0 Å². The number of carbonyl (C=O) groups excluding carboxylic acids is 1. The van der Waals surface area contributed by atoms with Gasteiger partial charge in [0.15, 0.2) is 0 Å². The number of rotatable bonds is 6. The minimum Gasteiger partial charge on any atom is -0.352 e. The second-order valence-corrected chi connectivity index (χ2v) is 8.17. The molecule has 3 nitrogen and oxygen atoms in total. The van der Waals surface area contributed by atoms with Crippen LogP contribution in [0.1, 0.15) is 33.1 Å². The van der Waals surface area contributed by atoms with Crippen molar-refractivity contribution in [2.24, 2.45) is 0 Å². The summed E-state index contributed by atoms with van der Waals surface area (Å²) in [5.74, 6) is 0.155. The Kier molecular flexibility index (Phi) is 7.25. The topological polar surface area (TPSA) is 32.3 Å². The maximum Gasteiger partial charge on any atom is 0.233 e. The average Bonchev–Trinajstić information content (AvgIpc) is 2.51. The quantitative estimate of drug-likeness (QED) is 0.754. The second kappa shape index (κ2) is 8.94. The van der Waals surface area contributed by atoms with Crippen molar-refractivity contribution in [1.82, 2.24) is 10.2 Å². The van der Waals surface area contributed by atoms with Crippen molar-refractivity contribution in [3.05, 3.63) is 28.7 Å². The van der Waals surface area contributed by atoms with Crippen LogP contribution in [-0.4, -0.2) is 41.7 Å². The maximum atomic E-state index is 12.3. The van der Waals surface area contributed by atoms with Crippen molar-refractivity contribution in [2.75, 3.05) is 19.6 Å². The highest BCUT2D eigenvalue weighted by Crippen LogP contribution is 2.25. The first kappa shape index (κ1) is 17.8. The lowest BCUT2D eigenvalue weighted by atomic mass is 10.0. The molecule has 0 spiro atoms. The van der Waals surface area contributed by atoms with Gasteiger partial charge in [-0.05, 0) is 57.0 Å². The van der Waals surface area contributed by atoms with Crippen LogP contribution in [0.3, 0.4) is 0 Å². The molecular weight excluding hydrogens is 360 g/mol. The van der Waals surface area contributed by atoms with Crippen LogP contribution in [0.5, 0.6) is 0 Å². The summed E-state index contributed by atoms with van der Waals surface area (Å²) in [6.07, 6.45) is 3.35. The van der Waals surface area contributed by atoms with Gasteiger partial charge in [-0.15, -0.1) is 11.8 Å². The van der Waals surface area contributed by atoms with Crippen LogP contribution in [0.2, 0.25) is 0 Å². The monoisotopic (exact) mass is 384 g/mol. The first-order valence-corrected chi connectivity index (χ1v) is 9.70. The van der Waals surface area contributed by atoms with Crippen molar-refractivity contribution in [2.45, 2.75) is 49.3 Å². The van der Waals surface area contributed by atoms with E-state index in [1.807, 2.05) is 31.2 Å². The van der Waals surface area contributed by atoms with E-state index < -0.39 is 0 Å². The third-order valence-corrected chi connectivity index (χ3v) is 5.61. The summed E-state index contributed by atoms with van der Waals surface area (Å²) in [5, 5.41) is 3.16. The Hall–Kier alpha value is -0.520. The van der Waals surface area contributed by atoms with E-state index >= 15 is 0 Å². The average molecular weight is 385 g/mol. The fourth-order valence-electron chi connectivity index (χ4n) is 2.71. The van der Waals surface area contributed by atoms with Crippen molar-refractivity contribution in [3.8, 4) is 0 Å². The largest absolute Gasteiger partial charge is 0.352 e. The van der Waals surface area contributed by atoms with Crippen LogP contribution in [0.4, 0.5) is 0 Å². The van der Waals surface area contributed by atoms with Crippen LogP contribution < -0.4 is 5.32 Å². The zero-order chi connectivity index (χ0) is 15.9. The molecule has 122 valence electrons. The second-order valence-electron chi connectivity index (χ2n) is 5.84. The summed E-state index contributed by atoms with van der Waals surface area (Å²) in [7, 11) is 0. The number of nitrogens with zero attached hydrogens (tertiary/aromatic N) is 1. The Morgan fingerprint density at radius 1 is 1.36 bits per heavy atom. The molecule has 0 radical (unpaired) electrons. The minimum atomic E-state index is -0.0603. The van der Waals surface area contributed by atoms with Gasteiger partial charge >= 0.3 is 0 Å². The Labute approximate surface area is 146 Å². The molecule has 1 N–H and O–H groups in total. The van der Waals surface area contributed by atoms with Crippen LogP contribution in [0.25, 0.3) is 0 Å². The number of thioether (sulfide) groups is 1. The molecule has 2 rings (SSSR count). The predicted octanol–water partition coefficient (Wildman–Crippen LogP) is 3.92. The van der Waals surface area contributed by atoms with Crippen molar-refractivity contribution in [1.29, 1.82) is 0 Å². The highest BCUT2D eigenvalue weighted by atomic mass is 79.9. The standard InChI is InChI=1S/C17H25BrN2OS/c1-3-10-20-11-8-15(9-12-20)19-17(21)13(2)22-16-6-4-14(18)5-7-16/h4-7,13,15H,3,8-12H2,1-2H3,(H,19,21). The molecule has 1 amide bonds. The minimum absolute atomic E-state index is 0.0603. The lowest BCUT2D eigenvalue weighted by molar-refractivity contribution is -0.121. The summed E-state index contributed by atoms with van der Waals surface area (Å²) >= 11 is 5.04. The summed E-state index contributed by atoms with van der Waals surface area (Å²) in [6, 6.07) is 8.45. The van der Waals surface area contributed by atoms with Gasteiger partial charge in [-0.1, -0.05) is 22.9 Å². The van der Waals surface area contributed by atoms with E-state index in [9.17, 15) is 4.79 Å². The van der Waals surface area contributed by atoms with Crippen molar-refractivity contribution < 1.29 is 4.79 Å². The van der Waals surface area contributed by atoms with Gasteiger partial charge < -0.3 is 10.2 Å². The fourth-order valence-corrected chi connectivity index (χ4v) is 3.85. The molecule has 1 aromatic carbocycles. The molecule has 1 fully saturated rings. The van der Waals surface area contributed by atoms with E-state index in [1.54, 1.807) is 11.8 Å². The van der Waals surface area contributed by atoms with Crippen molar-refractivity contribution in [3.63, 3.8) is 0 Å². The molecule has 1 aromatic rings. The van der Waals surface area contributed by atoms with Gasteiger partial charge in [-0.25, -0.2) is 0 Å². The first-order valence-electron chi connectivity index (χ1n) is 8.03. The van der Waals surface area contributed by atoms with E-state index in [-0.39, 0.29) is 11.2 Å². The zero-order valence-electron chi connectivity index (χ0n) is 13.3. The lowest BCUT2D eigenvalue weighted by Crippen LogP contribution is -2.46. The third kappa shape index (κ3) is 5.60. The number of nitrogens with one attached hydrogen (secondary N) is 1. The molecule has 1 saturated heterocycles. The van der Waals surface area contributed by atoms with E-state index in [0.717, 1.165) is 35.3 Å². The van der Waals surface area contributed by atoms with E-state index in [0.29, 0.717) is 6.04 Å². The number of benzene rings is 1. The van der Waals surface area contributed by atoms with E-state index in [4.69, 9.17) is 0 Å². The molecule has 1 unspecified atom stereocenters. The summed E-state index contributed by atoms with van der Waals surface area (Å²) < 4.78 is 1.06. The van der Waals surface area contributed by atoms with E-state index in [2.05, 4.69) is 33.1 Å². The number of halogens is 1. The molecule has 0 bridgehead atoms. The molecule has 1 atom stereocenters. The van der Waals surface area contributed by atoms with Gasteiger partial charge in [0.25, 0.3) is 0 Å². The SMILES string of the molecule is CCCN1CCC(NC(=O)C(C)Sc2ccc(Br)cc2)CC1. The summed E-state index contributed by atoms with van der Waals surface area (Å²) in [5.41, 5.74) is 0. The molecule has 1 aliphatic heterocycles. The van der Waals surface area contributed by atoms with Gasteiger partial charge in [-0.2, -0.15) is 0 Å². The molecule has 1 aliphatic rings. The molecule has 0 aromatic heterocycles. The number of likely N-dealkylation sites (tertiary alicyclic amines) is 1. The molecule has 1 heterocycles. The Balaban J connectivity index is 1.76. The highest BCUT2D eigenvalue weighted by Gasteiger charge is 2.22. The van der Waals surface area contributed by atoms with Crippen LogP contribution in [0.15, 0.2) is 33.6 Å². The molecule has 0 aliphatic carbocycles. The van der Waals surface area contributed by atoms with Gasteiger partial charge in [0, 0.05) is 28.5 Å². The van der Waals surface area contributed by atoms with Gasteiger partial charge in [0.05, 0.1) is 5.25 Å². The predicted molar refractivity (Wildman–Crippen MR) is 97.4 cm³/mol. The Bertz CT molecular complexity index is 472. The zero-order valence-corrected chi connectivity index (χ0v) is 15.8. The maximum absolute atomic E-state index is 12.3. The number of amides is 1. The molecular formula is C17H25BrN2OS. The first-order chi connectivity index (χ1) is 10.6. The third-order valence-electron chi connectivity index (χ3n) is 3.97. The van der Waals surface area contributed by atoms with Crippen molar-refractivity contribution >= 4 is 33.6 Å². The number of hydrogen-bond acceptors (Lipinski definition) is 3. The van der Waals surface area contributed by atoms with Gasteiger partial charge in [0.2, 0.25) is 5.91 Å². The Morgan fingerprint density at radius 2 is 2.00 bits per heavy atom. The lowest BCUT2D eigenvalue weighted by Gasteiger charge is -2.32. The molecule has 22 heavy (non-hydrogen) atoms. The summed E-state index contributed by atoms with van der Waals surface area (Å²) in [4.78, 5) is 16.0. The molecule has 5 heteroatoms. The number of carbonyl (C=O) groups is 1. The number of piperidine rings is 1. The Morgan fingerprint density at radius 3 is 2.59 bits per heavy atom.